The molecule has 0 aliphatic carbocycles. The number of urea groups is 1. The Hall–Kier alpha value is -4.75. The lowest BCUT2D eigenvalue weighted by Gasteiger charge is -2.22. The summed E-state index contributed by atoms with van der Waals surface area (Å²) in [6.07, 6.45) is 3.70. The molecule has 2 amide bonds. The van der Waals surface area contributed by atoms with Gasteiger partial charge in [0, 0.05) is 12.1 Å². The molecule has 0 atom stereocenters. The third-order valence-corrected chi connectivity index (χ3v) is 9.06. The van der Waals surface area contributed by atoms with Crippen molar-refractivity contribution in [2.45, 2.75) is 49.3 Å². The third kappa shape index (κ3) is 9.14. The summed E-state index contributed by atoms with van der Waals surface area (Å²) in [6.45, 7) is 5.13. The first-order chi connectivity index (χ1) is 22.0. The third-order valence-electron chi connectivity index (χ3n) is 6.54. The molecule has 4 aromatic carbocycles. The van der Waals surface area contributed by atoms with Crippen molar-refractivity contribution >= 4 is 37.6 Å². The van der Waals surface area contributed by atoms with Gasteiger partial charge in [-0.3, -0.25) is 4.90 Å². The summed E-state index contributed by atoms with van der Waals surface area (Å²) in [4.78, 5) is 13.5. The van der Waals surface area contributed by atoms with Gasteiger partial charge in [-0.05, 0) is 85.6 Å². The molecule has 0 bridgehead atoms. The summed E-state index contributed by atoms with van der Waals surface area (Å²) in [5, 5.41) is 0. The smallest absolute Gasteiger partial charge is 0.339 e. The van der Waals surface area contributed by atoms with Crippen molar-refractivity contribution in [2.24, 2.45) is 5.73 Å². The molecule has 0 radical (unpaired) electrons. The number of amides is 2. The van der Waals surface area contributed by atoms with E-state index in [1.807, 2.05) is 13.8 Å². The molecule has 0 aliphatic heterocycles. The molecule has 0 fully saturated rings. The fourth-order valence-electron chi connectivity index (χ4n) is 4.18. The van der Waals surface area contributed by atoms with E-state index < -0.39 is 26.3 Å². The molecular weight excluding hydrogens is 633 g/mol. The molecule has 0 aliphatic rings. The number of carbonyl (C=O) groups is 1. The highest BCUT2D eigenvalue weighted by Gasteiger charge is 2.22. The van der Waals surface area contributed by atoms with Gasteiger partial charge in [0.15, 0.2) is 0 Å². The van der Waals surface area contributed by atoms with Gasteiger partial charge in [-0.15, -0.1) is 0 Å². The number of unbranched alkanes of at least 4 members (excludes halogenated alkanes) is 2. The molecule has 0 unspecified atom stereocenters. The molecule has 244 valence electrons. The number of nitrogens with zero attached hydrogens (tertiary/aromatic N) is 1. The Morgan fingerprint density at radius 3 is 1.35 bits per heavy atom. The zero-order chi connectivity index (χ0) is 33.2. The Balaban J connectivity index is 1.51. The summed E-state index contributed by atoms with van der Waals surface area (Å²) >= 11 is 0. The SMILES string of the molecule is CCCCOc1ccc(S(=O)(=O)Oc2cccc(N(C(N)=O)c3cccc(OS(=O)(=O)c4ccc(OCCCC)cc4)c3)c2)cc1. The first-order valence-corrected chi connectivity index (χ1v) is 17.5. The summed E-state index contributed by atoms with van der Waals surface area (Å²) in [5.41, 5.74) is 6.03. The van der Waals surface area contributed by atoms with Gasteiger partial charge in [-0.1, -0.05) is 38.8 Å². The number of anilines is 2. The number of carbonyl (C=O) groups excluding carboxylic acids is 1. The molecule has 46 heavy (non-hydrogen) atoms. The second-order valence-corrected chi connectivity index (χ2v) is 13.2. The van der Waals surface area contributed by atoms with Crippen LogP contribution in [0.2, 0.25) is 0 Å². The van der Waals surface area contributed by atoms with Gasteiger partial charge in [0.1, 0.15) is 32.8 Å². The van der Waals surface area contributed by atoms with Crippen molar-refractivity contribution in [1.82, 2.24) is 0 Å². The van der Waals surface area contributed by atoms with Gasteiger partial charge in [0.05, 0.1) is 24.6 Å². The molecule has 4 aromatic rings. The molecule has 0 heterocycles. The Morgan fingerprint density at radius 2 is 1.00 bits per heavy atom. The number of ether oxygens (including phenoxy) is 2. The largest absolute Gasteiger partial charge is 0.494 e. The number of primary amides is 1. The molecule has 0 saturated heterocycles. The second kappa shape index (κ2) is 15.5. The van der Waals surface area contributed by atoms with Crippen LogP contribution in [-0.2, 0) is 20.2 Å². The van der Waals surface area contributed by atoms with Crippen LogP contribution in [0, 0.1) is 0 Å². The zero-order valence-corrected chi connectivity index (χ0v) is 27.1. The van der Waals surface area contributed by atoms with Crippen molar-refractivity contribution in [1.29, 1.82) is 0 Å². The van der Waals surface area contributed by atoms with E-state index >= 15 is 0 Å². The van der Waals surface area contributed by atoms with E-state index in [1.165, 1.54) is 72.8 Å². The average molecular weight is 669 g/mol. The minimum Gasteiger partial charge on any atom is -0.494 e. The number of nitrogens with two attached hydrogens (primary N) is 1. The van der Waals surface area contributed by atoms with Crippen LogP contribution in [0.15, 0.2) is 107 Å². The molecule has 0 saturated carbocycles. The van der Waals surface area contributed by atoms with Gasteiger partial charge < -0.3 is 23.6 Å². The van der Waals surface area contributed by atoms with Crippen molar-refractivity contribution in [2.75, 3.05) is 18.1 Å². The zero-order valence-electron chi connectivity index (χ0n) is 25.5. The van der Waals surface area contributed by atoms with Crippen LogP contribution >= 0.6 is 0 Å². The highest BCUT2D eigenvalue weighted by molar-refractivity contribution is 7.87. The van der Waals surface area contributed by atoms with Crippen LogP contribution in [0.1, 0.15) is 39.5 Å². The Kier molecular flexibility index (Phi) is 11.5. The minimum absolute atomic E-state index is 0.0795. The normalized spacial score (nSPS) is 11.4. The highest BCUT2D eigenvalue weighted by atomic mass is 32.2. The van der Waals surface area contributed by atoms with E-state index in [0.717, 1.165) is 30.6 Å². The van der Waals surface area contributed by atoms with E-state index in [4.69, 9.17) is 23.6 Å². The second-order valence-electron chi connectivity index (χ2n) is 10.1. The van der Waals surface area contributed by atoms with Crippen LogP contribution in [-0.4, -0.2) is 36.1 Å². The summed E-state index contributed by atoms with van der Waals surface area (Å²) in [6, 6.07) is 22.3. The number of benzene rings is 4. The van der Waals surface area contributed by atoms with Crippen LogP contribution in [0.4, 0.5) is 16.2 Å². The van der Waals surface area contributed by atoms with Gasteiger partial charge in [0.25, 0.3) is 0 Å². The lowest BCUT2D eigenvalue weighted by molar-refractivity contribution is 0.256. The topological polar surface area (TPSA) is 152 Å². The predicted molar refractivity (Wildman–Crippen MR) is 174 cm³/mol. The molecule has 0 aromatic heterocycles. The maximum absolute atomic E-state index is 13.0. The van der Waals surface area contributed by atoms with Gasteiger partial charge in [-0.2, -0.15) is 16.8 Å². The number of hydrogen-bond acceptors (Lipinski definition) is 9. The van der Waals surface area contributed by atoms with Gasteiger partial charge in [-0.25, -0.2) is 4.79 Å². The Morgan fingerprint density at radius 1 is 0.609 bits per heavy atom. The van der Waals surface area contributed by atoms with E-state index in [9.17, 15) is 21.6 Å². The summed E-state index contributed by atoms with van der Waals surface area (Å²) in [5.74, 6) is 0.917. The molecule has 11 nitrogen and oxygen atoms in total. The first kappa shape index (κ1) is 34.1. The van der Waals surface area contributed by atoms with Crippen molar-refractivity contribution < 1.29 is 39.5 Å². The monoisotopic (exact) mass is 668 g/mol. The van der Waals surface area contributed by atoms with Crippen molar-refractivity contribution in [3.63, 3.8) is 0 Å². The maximum Gasteiger partial charge on any atom is 0.339 e. The Labute approximate surface area is 269 Å². The average Bonchev–Trinajstić information content (AvgIpc) is 3.02. The molecule has 0 spiro atoms. The fraction of sp³-hybridized carbons (Fsp3) is 0.242. The highest BCUT2D eigenvalue weighted by Crippen LogP contribution is 2.32. The van der Waals surface area contributed by atoms with Gasteiger partial charge >= 0.3 is 26.3 Å². The predicted octanol–water partition coefficient (Wildman–Crippen LogP) is 6.80. The van der Waals surface area contributed by atoms with Crippen LogP contribution in [0.3, 0.4) is 0 Å². The molecular formula is C33H36N2O9S2. The maximum atomic E-state index is 13.0. The van der Waals surface area contributed by atoms with Crippen LogP contribution in [0.5, 0.6) is 23.0 Å². The quantitative estimate of drug-likeness (QED) is 0.100. The molecule has 4 rings (SSSR count). The van der Waals surface area contributed by atoms with E-state index in [2.05, 4.69) is 0 Å². The summed E-state index contributed by atoms with van der Waals surface area (Å²) in [7, 11) is -8.46. The lowest BCUT2D eigenvalue weighted by atomic mass is 10.2. The van der Waals surface area contributed by atoms with Gasteiger partial charge in [0.2, 0.25) is 0 Å². The Bertz CT molecular complexity index is 1700. The standard InChI is InChI=1S/C33H36N2O9S2/c1-3-5-21-41-27-13-17-31(18-14-27)45(37,38)43-29-11-7-9-25(23-29)35(33(34)36)26-10-8-12-30(24-26)44-46(39,40)32-19-15-28(16-20-32)42-22-6-4-2/h7-20,23-24H,3-6,21-22H2,1-2H3,(H2,34,36). The van der Waals surface area contributed by atoms with Crippen LogP contribution < -0.4 is 28.5 Å². The van der Waals surface area contributed by atoms with E-state index in [-0.39, 0.29) is 32.7 Å². The van der Waals surface area contributed by atoms with E-state index in [0.29, 0.717) is 24.7 Å². The van der Waals surface area contributed by atoms with Crippen LogP contribution in [0.25, 0.3) is 0 Å². The van der Waals surface area contributed by atoms with E-state index in [1.54, 1.807) is 24.3 Å². The fourth-order valence-corrected chi connectivity index (χ4v) is 6.02. The first-order valence-electron chi connectivity index (χ1n) is 14.7. The lowest BCUT2D eigenvalue weighted by Crippen LogP contribution is -2.31. The summed E-state index contributed by atoms with van der Waals surface area (Å²) < 4.78 is 73.8. The number of rotatable bonds is 16. The molecule has 13 heteroatoms. The van der Waals surface area contributed by atoms with Crippen molar-refractivity contribution in [3.05, 3.63) is 97.1 Å². The minimum atomic E-state index is -4.23. The van der Waals surface area contributed by atoms with Crippen molar-refractivity contribution in [3.8, 4) is 23.0 Å². The number of hydrogen-bond donors (Lipinski definition) is 1. The molecule has 2 N–H and O–H groups in total.